The molecular weight excluding hydrogens is 212 g/mol. The van der Waals surface area contributed by atoms with Gasteiger partial charge in [0.25, 0.3) is 0 Å². The molecule has 0 spiro atoms. The van der Waals surface area contributed by atoms with Crippen LogP contribution < -0.4 is 0 Å². The zero-order chi connectivity index (χ0) is 12.5. The van der Waals surface area contributed by atoms with Gasteiger partial charge in [0.2, 0.25) is 5.91 Å². The first-order chi connectivity index (χ1) is 8.13. The topological polar surface area (TPSA) is 44.1 Å². The minimum absolute atomic E-state index is 0.119. The van der Waals surface area contributed by atoms with Crippen LogP contribution in [0.2, 0.25) is 0 Å². The van der Waals surface area contributed by atoms with Gasteiger partial charge in [0.15, 0.2) is 0 Å². The molecule has 0 N–H and O–H groups in total. The highest BCUT2D eigenvalue weighted by Gasteiger charge is 2.52. The quantitative estimate of drug-likeness (QED) is 0.734. The fourth-order valence-electron chi connectivity index (χ4n) is 2.88. The van der Waals surface area contributed by atoms with E-state index in [0.29, 0.717) is 12.0 Å². The molecule has 2 rings (SSSR count). The second-order valence-corrected chi connectivity index (χ2v) is 5.79. The third-order valence-electron chi connectivity index (χ3n) is 4.02. The number of hydrogen-bond donors (Lipinski definition) is 0. The molecule has 2 aliphatic carbocycles. The molecule has 0 radical (unpaired) electrons. The van der Waals surface area contributed by atoms with Crippen molar-refractivity contribution in [2.75, 3.05) is 6.54 Å². The maximum absolute atomic E-state index is 12.5. The highest BCUT2D eigenvalue weighted by molar-refractivity contribution is 5.87. The molecule has 17 heavy (non-hydrogen) atoms. The lowest BCUT2D eigenvalue weighted by molar-refractivity contribution is -0.146. The molecule has 2 saturated carbocycles. The molecular formula is C14H22N2O. The molecule has 1 amide bonds. The molecule has 0 aliphatic heterocycles. The number of unbranched alkanes of at least 4 members (excludes halogenated alkanes) is 1. The third-order valence-corrected chi connectivity index (χ3v) is 4.02. The van der Waals surface area contributed by atoms with Gasteiger partial charge in [-0.3, -0.25) is 4.79 Å². The summed E-state index contributed by atoms with van der Waals surface area (Å²) in [6.07, 6.45) is 5.94. The van der Waals surface area contributed by atoms with Crippen molar-refractivity contribution in [3.8, 4) is 6.07 Å². The first kappa shape index (κ1) is 12.4. The van der Waals surface area contributed by atoms with Crippen molar-refractivity contribution in [3.05, 3.63) is 0 Å². The van der Waals surface area contributed by atoms with Crippen LogP contribution in [0.1, 0.15) is 52.4 Å². The molecule has 0 saturated heterocycles. The summed E-state index contributed by atoms with van der Waals surface area (Å²) in [7, 11) is 0. The van der Waals surface area contributed by atoms with E-state index >= 15 is 0 Å². The van der Waals surface area contributed by atoms with Crippen LogP contribution in [0, 0.1) is 22.7 Å². The lowest BCUT2D eigenvalue weighted by atomic mass is 9.62. The number of carbonyl (C=O) groups excluding carboxylic acids is 1. The minimum Gasteiger partial charge on any atom is -0.338 e. The Kier molecular flexibility index (Phi) is 3.42. The van der Waals surface area contributed by atoms with Gasteiger partial charge in [0.05, 0.1) is 6.07 Å². The van der Waals surface area contributed by atoms with Crippen molar-refractivity contribution in [3.63, 3.8) is 0 Å². The number of nitriles is 1. The fraction of sp³-hybridized carbons (Fsp3) is 0.857. The Labute approximate surface area is 104 Å². The lowest BCUT2D eigenvalue weighted by Gasteiger charge is -2.42. The van der Waals surface area contributed by atoms with Crippen LogP contribution in [0.4, 0.5) is 0 Å². The zero-order valence-electron chi connectivity index (χ0n) is 10.9. The monoisotopic (exact) mass is 234 g/mol. The molecule has 0 aromatic rings. The highest BCUT2D eigenvalue weighted by Crippen LogP contribution is 2.47. The first-order valence-electron chi connectivity index (χ1n) is 6.85. The molecule has 2 aliphatic rings. The van der Waals surface area contributed by atoms with Crippen LogP contribution in [-0.4, -0.2) is 23.4 Å². The first-order valence-corrected chi connectivity index (χ1v) is 6.85. The summed E-state index contributed by atoms with van der Waals surface area (Å²) < 4.78 is 0. The van der Waals surface area contributed by atoms with Gasteiger partial charge >= 0.3 is 0 Å². The molecule has 0 unspecified atom stereocenters. The highest BCUT2D eigenvalue weighted by atomic mass is 16.2. The molecule has 0 aromatic heterocycles. The molecule has 0 bridgehead atoms. The van der Waals surface area contributed by atoms with Crippen molar-refractivity contribution >= 4 is 5.91 Å². The van der Waals surface area contributed by atoms with Crippen LogP contribution in [0.25, 0.3) is 0 Å². The summed E-state index contributed by atoms with van der Waals surface area (Å²) in [4.78, 5) is 14.5. The Morgan fingerprint density at radius 1 is 1.47 bits per heavy atom. The van der Waals surface area contributed by atoms with E-state index in [1.54, 1.807) is 0 Å². The van der Waals surface area contributed by atoms with E-state index in [9.17, 15) is 10.1 Å². The maximum atomic E-state index is 12.5. The molecule has 0 heterocycles. The van der Waals surface area contributed by atoms with E-state index in [4.69, 9.17) is 0 Å². The summed E-state index contributed by atoms with van der Waals surface area (Å²) >= 11 is 0. The van der Waals surface area contributed by atoms with E-state index in [-0.39, 0.29) is 5.91 Å². The van der Waals surface area contributed by atoms with Gasteiger partial charge in [-0.25, -0.2) is 0 Å². The Balaban J connectivity index is 2.03. The van der Waals surface area contributed by atoms with Gasteiger partial charge in [-0.2, -0.15) is 5.26 Å². The van der Waals surface area contributed by atoms with Gasteiger partial charge in [0.1, 0.15) is 5.41 Å². The standard InChI is InChI=1S/C14H22N2O/c1-3-4-7-16(12-5-6-12)13(17)14(10-15)8-11(2)9-14/h11-12H,3-9H2,1-2H3. The molecule has 2 fully saturated rings. The molecule has 0 atom stereocenters. The normalized spacial score (nSPS) is 31.5. The lowest BCUT2D eigenvalue weighted by Crippen LogP contribution is -2.51. The van der Waals surface area contributed by atoms with E-state index in [1.165, 1.54) is 0 Å². The number of hydrogen-bond acceptors (Lipinski definition) is 2. The average molecular weight is 234 g/mol. The van der Waals surface area contributed by atoms with Crippen molar-refractivity contribution in [2.24, 2.45) is 11.3 Å². The largest absolute Gasteiger partial charge is 0.338 e. The number of carbonyl (C=O) groups is 1. The van der Waals surface area contributed by atoms with E-state index in [2.05, 4.69) is 19.9 Å². The Morgan fingerprint density at radius 3 is 2.53 bits per heavy atom. The van der Waals surface area contributed by atoms with Crippen LogP contribution >= 0.6 is 0 Å². The Hall–Kier alpha value is -1.04. The van der Waals surface area contributed by atoms with E-state index in [0.717, 1.165) is 45.1 Å². The summed E-state index contributed by atoms with van der Waals surface area (Å²) in [5.74, 6) is 0.653. The van der Waals surface area contributed by atoms with Crippen molar-refractivity contribution in [1.82, 2.24) is 4.90 Å². The summed E-state index contributed by atoms with van der Waals surface area (Å²) in [5.41, 5.74) is -0.671. The van der Waals surface area contributed by atoms with Crippen molar-refractivity contribution in [1.29, 1.82) is 5.26 Å². The van der Waals surface area contributed by atoms with Crippen LogP contribution in [0.15, 0.2) is 0 Å². The number of rotatable bonds is 5. The van der Waals surface area contributed by atoms with Gasteiger partial charge in [0, 0.05) is 12.6 Å². The Bertz CT molecular complexity index is 335. The molecule has 0 aromatic carbocycles. The van der Waals surface area contributed by atoms with Crippen LogP contribution in [0.3, 0.4) is 0 Å². The zero-order valence-corrected chi connectivity index (χ0v) is 10.9. The smallest absolute Gasteiger partial charge is 0.243 e. The predicted molar refractivity (Wildman–Crippen MR) is 66.1 cm³/mol. The summed E-state index contributed by atoms with van der Waals surface area (Å²) in [6.45, 7) is 5.11. The van der Waals surface area contributed by atoms with Crippen molar-refractivity contribution in [2.45, 2.75) is 58.4 Å². The third kappa shape index (κ3) is 2.31. The van der Waals surface area contributed by atoms with Gasteiger partial charge in [-0.15, -0.1) is 0 Å². The maximum Gasteiger partial charge on any atom is 0.243 e. The van der Waals surface area contributed by atoms with Gasteiger partial charge < -0.3 is 4.90 Å². The van der Waals surface area contributed by atoms with Crippen LogP contribution in [-0.2, 0) is 4.79 Å². The molecule has 3 nitrogen and oxygen atoms in total. The Morgan fingerprint density at radius 2 is 2.12 bits per heavy atom. The molecule has 3 heteroatoms. The number of amides is 1. The second kappa shape index (κ2) is 4.68. The predicted octanol–water partition coefficient (Wildman–Crippen LogP) is 2.72. The summed E-state index contributed by atoms with van der Waals surface area (Å²) in [5, 5.41) is 9.30. The van der Waals surface area contributed by atoms with E-state index in [1.807, 2.05) is 4.90 Å². The SMILES string of the molecule is CCCCN(C(=O)C1(C#N)CC(C)C1)C1CC1. The van der Waals surface area contributed by atoms with Gasteiger partial charge in [-0.05, 0) is 38.0 Å². The van der Waals surface area contributed by atoms with Crippen LogP contribution in [0.5, 0.6) is 0 Å². The summed E-state index contributed by atoms with van der Waals surface area (Å²) in [6, 6.07) is 2.73. The van der Waals surface area contributed by atoms with Gasteiger partial charge in [-0.1, -0.05) is 20.3 Å². The molecule has 94 valence electrons. The minimum atomic E-state index is -0.671. The average Bonchev–Trinajstić information content (AvgIpc) is 3.09. The number of nitrogens with zero attached hydrogens (tertiary/aromatic N) is 2. The fourth-order valence-corrected chi connectivity index (χ4v) is 2.88. The van der Waals surface area contributed by atoms with E-state index < -0.39 is 5.41 Å². The second-order valence-electron chi connectivity index (χ2n) is 5.79. The van der Waals surface area contributed by atoms with Crippen molar-refractivity contribution < 1.29 is 4.79 Å².